The van der Waals surface area contributed by atoms with Crippen molar-refractivity contribution in [3.63, 3.8) is 0 Å². The molecule has 8 nitrogen and oxygen atoms in total. The Morgan fingerprint density at radius 3 is 2.16 bits per heavy atom. The Hall–Kier alpha value is -4.56. The minimum atomic E-state index is -1.01. The zero-order chi connectivity index (χ0) is 26.4. The number of ether oxygens (including phenoxy) is 3. The molecule has 2 fully saturated rings. The number of nitrogens with zero attached hydrogens (tertiary/aromatic N) is 2. The molecular formula is C30H26N2O6. The van der Waals surface area contributed by atoms with Crippen LogP contribution in [0.1, 0.15) is 11.6 Å². The summed E-state index contributed by atoms with van der Waals surface area (Å²) in [6, 6.07) is 25.6. The van der Waals surface area contributed by atoms with Gasteiger partial charge in [0.1, 0.15) is 12.0 Å². The topological polar surface area (TPSA) is 77.5 Å². The fraction of sp³-hybridized carbons (Fsp3) is 0.200. The van der Waals surface area contributed by atoms with E-state index in [1.807, 2.05) is 72.8 Å². The van der Waals surface area contributed by atoms with Crippen LogP contribution in [0.25, 0.3) is 10.8 Å². The van der Waals surface area contributed by atoms with Gasteiger partial charge in [-0.3, -0.25) is 14.4 Å². The molecule has 2 aliphatic heterocycles. The van der Waals surface area contributed by atoms with E-state index in [0.29, 0.717) is 34.2 Å². The molecule has 0 spiro atoms. The van der Waals surface area contributed by atoms with Crippen molar-refractivity contribution < 1.29 is 28.6 Å². The predicted molar refractivity (Wildman–Crippen MR) is 143 cm³/mol. The molecule has 6 rings (SSSR count). The van der Waals surface area contributed by atoms with Gasteiger partial charge in [-0.25, -0.2) is 9.96 Å². The number of hydrogen-bond acceptors (Lipinski definition) is 7. The van der Waals surface area contributed by atoms with E-state index in [9.17, 15) is 9.59 Å². The van der Waals surface area contributed by atoms with Crippen LogP contribution in [0.3, 0.4) is 0 Å². The minimum absolute atomic E-state index is 0.336. The molecule has 0 aliphatic carbocycles. The summed E-state index contributed by atoms with van der Waals surface area (Å²) < 4.78 is 16.9. The van der Waals surface area contributed by atoms with E-state index in [1.54, 1.807) is 24.3 Å². The first-order chi connectivity index (χ1) is 18.6. The quantitative estimate of drug-likeness (QED) is 0.341. The summed E-state index contributed by atoms with van der Waals surface area (Å²) in [4.78, 5) is 35.6. The van der Waals surface area contributed by atoms with Crippen LogP contribution in [0, 0.1) is 5.92 Å². The Labute approximate surface area is 219 Å². The average molecular weight is 511 g/mol. The summed E-state index contributed by atoms with van der Waals surface area (Å²) in [5.41, 5.74) is 1.89. The van der Waals surface area contributed by atoms with Gasteiger partial charge in [0, 0.05) is 10.9 Å². The maximum atomic E-state index is 14.2. The molecule has 192 valence electrons. The van der Waals surface area contributed by atoms with Crippen molar-refractivity contribution in [3.05, 3.63) is 90.5 Å². The van der Waals surface area contributed by atoms with Crippen LogP contribution in [-0.2, 0) is 14.4 Å². The normalized spacial score (nSPS) is 20.7. The Morgan fingerprint density at radius 1 is 0.711 bits per heavy atom. The van der Waals surface area contributed by atoms with Gasteiger partial charge in [-0.05, 0) is 35.7 Å². The third-order valence-electron chi connectivity index (χ3n) is 7.19. The maximum absolute atomic E-state index is 14.2. The molecule has 2 aliphatic rings. The number of fused-ring (bicyclic) bond motifs is 2. The van der Waals surface area contributed by atoms with Gasteiger partial charge in [-0.15, -0.1) is 0 Å². The smallest absolute Gasteiger partial charge is 0.266 e. The number of anilines is 2. The molecular weight excluding hydrogens is 484 g/mol. The number of carbonyl (C=O) groups excluding carboxylic acids is 2. The number of carbonyl (C=O) groups is 2. The number of benzene rings is 4. The minimum Gasteiger partial charge on any atom is -0.493 e. The van der Waals surface area contributed by atoms with E-state index < -0.39 is 24.0 Å². The Kier molecular flexibility index (Phi) is 5.88. The standard InChI is InChI=1S/C30H26N2O6/c1-35-23-17-16-21(26(36-2)27(23)37-3)25-24-28(38-32(25)19-12-5-4-6-13-19)30(34)31(29(24)33)22-15-9-11-18-10-7-8-14-20(18)22/h4-17,24-25,28H,1-3H3/t24-,25-,28-/m1/s1. The van der Waals surface area contributed by atoms with Gasteiger partial charge >= 0.3 is 0 Å². The van der Waals surface area contributed by atoms with Gasteiger partial charge in [-0.1, -0.05) is 54.6 Å². The molecule has 0 saturated carbocycles. The van der Waals surface area contributed by atoms with Gasteiger partial charge < -0.3 is 14.2 Å². The lowest BCUT2D eigenvalue weighted by Gasteiger charge is -2.30. The van der Waals surface area contributed by atoms with Gasteiger partial charge in [0.2, 0.25) is 11.7 Å². The van der Waals surface area contributed by atoms with E-state index in [1.165, 1.54) is 19.1 Å². The first-order valence-electron chi connectivity index (χ1n) is 12.2. The molecule has 0 aromatic heterocycles. The first-order valence-corrected chi connectivity index (χ1v) is 12.2. The van der Waals surface area contributed by atoms with Crippen LogP contribution in [-0.4, -0.2) is 39.2 Å². The molecule has 0 radical (unpaired) electrons. The van der Waals surface area contributed by atoms with Crippen molar-refractivity contribution >= 4 is 34.0 Å². The van der Waals surface area contributed by atoms with Crippen molar-refractivity contribution in [2.45, 2.75) is 12.1 Å². The highest BCUT2D eigenvalue weighted by molar-refractivity contribution is 6.26. The molecule has 4 aromatic rings. The third-order valence-corrected chi connectivity index (χ3v) is 7.19. The molecule has 2 amide bonds. The monoisotopic (exact) mass is 510 g/mol. The fourth-order valence-electron chi connectivity index (χ4n) is 5.53. The number of hydroxylamine groups is 1. The van der Waals surface area contributed by atoms with Crippen molar-refractivity contribution in [2.75, 3.05) is 31.3 Å². The molecule has 0 bridgehead atoms. The number of methoxy groups -OCH3 is 3. The Morgan fingerprint density at radius 2 is 1.42 bits per heavy atom. The highest BCUT2D eigenvalue weighted by atomic mass is 16.7. The van der Waals surface area contributed by atoms with Crippen LogP contribution in [0.2, 0.25) is 0 Å². The molecule has 0 unspecified atom stereocenters. The zero-order valence-corrected chi connectivity index (χ0v) is 21.2. The second-order valence-corrected chi connectivity index (χ2v) is 9.09. The number of imide groups is 1. The van der Waals surface area contributed by atoms with Crippen LogP contribution in [0.15, 0.2) is 84.9 Å². The Balaban J connectivity index is 1.51. The largest absolute Gasteiger partial charge is 0.493 e. The van der Waals surface area contributed by atoms with Gasteiger partial charge in [0.15, 0.2) is 17.6 Å². The second-order valence-electron chi connectivity index (χ2n) is 9.09. The van der Waals surface area contributed by atoms with Crippen LogP contribution in [0.4, 0.5) is 11.4 Å². The molecule has 2 saturated heterocycles. The molecule has 0 N–H and O–H groups in total. The van der Waals surface area contributed by atoms with Gasteiger partial charge in [-0.2, -0.15) is 0 Å². The predicted octanol–water partition coefficient (Wildman–Crippen LogP) is 4.92. The fourth-order valence-corrected chi connectivity index (χ4v) is 5.53. The summed E-state index contributed by atoms with van der Waals surface area (Å²) in [5.74, 6) is -0.275. The number of amides is 2. The van der Waals surface area contributed by atoms with Crippen molar-refractivity contribution in [1.82, 2.24) is 0 Å². The molecule has 3 atom stereocenters. The summed E-state index contributed by atoms with van der Waals surface area (Å²) in [5, 5.41) is 3.39. The lowest BCUT2D eigenvalue weighted by Crippen LogP contribution is -2.37. The Bertz CT molecular complexity index is 1530. The maximum Gasteiger partial charge on any atom is 0.266 e. The third kappa shape index (κ3) is 3.48. The van der Waals surface area contributed by atoms with Crippen molar-refractivity contribution in [3.8, 4) is 17.2 Å². The number of hydrogen-bond donors (Lipinski definition) is 0. The lowest BCUT2D eigenvalue weighted by atomic mass is 9.89. The van der Waals surface area contributed by atoms with Crippen molar-refractivity contribution in [2.24, 2.45) is 5.92 Å². The van der Waals surface area contributed by atoms with Gasteiger partial charge in [0.25, 0.3) is 5.91 Å². The highest BCUT2D eigenvalue weighted by Gasteiger charge is 2.61. The van der Waals surface area contributed by atoms with Crippen LogP contribution < -0.4 is 24.2 Å². The number of para-hydroxylation sites is 1. The molecule has 4 aromatic carbocycles. The molecule has 38 heavy (non-hydrogen) atoms. The summed E-state index contributed by atoms with van der Waals surface area (Å²) in [6.07, 6.45) is -1.01. The lowest BCUT2D eigenvalue weighted by molar-refractivity contribution is -0.126. The van der Waals surface area contributed by atoms with E-state index in [2.05, 4.69) is 0 Å². The first kappa shape index (κ1) is 23.8. The second kappa shape index (κ2) is 9.39. The van der Waals surface area contributed by atoms with E-state index in [0.717, 1.165) is 10.8 Å². The molecule has 8 heteroatoms. The summed E-state index contributed by atoms with van der Waals surface area (Å²) in [6.45, 7) is 0. The van der Waals surface area contributed by atoms with Crippen LogP contribution in [0.5, 0.6) is 17.2 Å². The van der Waals surface area contributed by atoms with E-state index in [4.69, 9.17) is 19.0 Å². The van der Waals surface area contributed by atoms with E-state index >= 15 is 0 Å². The van der Waals surface area contributed by atoms with E-state index in [-0.39, 0.29) is 5.91 Å². The summed E-state index contributed by atoms with van der Waals surface area (Å²) >= 11 is 0. The van der Waals surface area contributed by atoms with Gasteiger partial charge in [0.05, 0.1) is 32.7 Å². The number of rotatable bonds is 6. The molecule has 2 heterocycles. The SMILES string of the molecule is COc1ccc([C@@H]2[C@H]3C(=O)N(c4cccc5ccccc45)C(=O)[C@@H]3ON2c2ccccc2)c(OC)c1OC. The average Bonchev–Trinajstić information content (AvgIpc) is 3.47. The zero-order valence-electron chi connectivity index (χ0n) is 21.2. The highest BCUT2D eigenvalue weighted by Crippen LogP contribution is 2.53. The van der Waals surface area contributed by atoms with Crippen LogP contribution >= 0.6 is 0 Å². The summed E-state index contributed by atoms with van der Waals surface area (Å²) in [7, 11) is 4.60. The van der Waals surface area contributed by atoms with Crippen molar-refractivity contribution in [1.29, 1.82) is 0 Å².